The summed E-state index contributed by atoms with van der Waals surface area (Å²) in [5.74, 6) is -0.0993. The van der Waals surface area contributed by atoms with E-state index >= 15 is 0 Å². The highest BCUT2D eigenvalue weighted by atomic mass is 35.5. The van der Waals surface area contributed by atoms with Gasteiger partial charge in [0, 0.05) is 18.3 Å². The van der Waals surface area contributed by atoms with Crippen LogP contribution in [0.3, 0.4) is 0 Å². The normalized spacial score (nSPS) is 16.2. The van der Waals surface area contributed by atoms with Crippen LogP contribution in [0.5, 0.6) is 0 Å². The summed E-state index contributed by atoms with van der Waals surface area (Å²) in [4.78, 5) is 29.8. The highest BCUT2D eigenvalue weighted by molar-refractivity contribution is 7.15. The molecule has 1 aliphatic heterocycles. The Morgan fingerprint density at radius 3 is 2.54 bits per heavy atom. The summed E-state index contributed by atoms with van der Waals surface area (Å²) < 4.78 is 5.14. The van der Waals surface area contributed by atoms with Gasteiger partial charge in [0.25, 0.3) is 0 Å². The fraction of sp³-hybridized carbons (Fsp3) is 0.647. The van der Waals surface area contributed by atoms with E-state index in [1.54, 1.807) is 11.8 Å². The molecule has 0 saturated carbocycles. The molecule has 0 radical (unpaired) electrons. The van der Waals surface area contributed by atoms with Crippen molar-refractivity contribution in [3.05, 3.63) is 14.8 Å². The first-order chi connectivity index (χ1) is 11.3. The number of hydrogen-bond acceptors (Lipinski definition) is 5. The monoisotopic (exact) mass is 372 g/mol. The van der Waals surface area contributed by atoms with Crippen molar-refractivity contribution >= 4 is 40.5 Å². The minimum absolute atomic E-state index is 0.0980. The minimum atomic E-state index is -0.415. The molecule has 0 atom stereocenters. The van der Waals surface area contributed by atoms with E-state index < -0.39 is 5.97 Å². The van der Waals surface area contributed by atoms with Gasteiger partial charge in [-0.25, -0.2) is 4.79 Å². The summed E-state index contributed by atoms with van der Waals surface area (Å²) in [6.45, 7) is 8.07. The molecule has 0 unspecified atom stereocenters. The molecule has 0 aliphatic carbocycles. The van der Waals surface area contributed by atoms with Crippen molar-refractivity contribution in [2.75, 3.05) is 38.2 Å². The topological polar surface area (TPSA) is 49.9 Å². The third kappa shape index (κ3) is 4.29. The van der Waals surface area contributed by atoms with Gasteiger partial charge in [0.15, 0.2) is 0 Å². The second kappa shape index (κ2) is 8.32. The molecule has 7 heteroatoms. The highest BCUT2D eigenvalue weighted by Crippen LogP contribution is 2.41. The fourth-order valence-corrected chi connectivity index (χ4v) is 4.28. The van der Waals surface area contributed by atoms with Crippen molar-refractivity contribution in [1.29, 1.82) is 0 Å². The van der Waals surface area contributed by atoms with Gasteiger partial charge in [0.1, 0.15) is 4.88 Å². The first-order valence-corrected chi connectivity index (χ1v) is 9.47. The summed E-state index contributed by atoms with van der Waals surface area (Å²) in [6, 6.07) is 0. The average molecular weight is 373 g/mol. The van der Waals surface area contributed by atoms with Crippen molar-refractivity contribution in [2.45, 2.75) is 33.6 Å². The number of piperidine rings is 1. The number of ether oxygens (including phenoxy) is 1. The van der Waals surface area contributed by atoms with Gasteiger partial charge in [-0.3, -0.25) is 4.79 Å². The maximum atomic E-state index is 12.3. The number of thiophene rings is 1. The molecular formula is C17H25ClN2O3S. The molecule has 1 aromatic rings. The molecule has 2 heterocycles. The Morgan fingerprint density at radius 2 is 2.00 bits per heavy atom. The number of hydrogen-bond donors (Lipinski definition) is 0. The molecule has 5 nitrogen and oxygen atoms in total. The van der Waals surface area contributed by atoms with Crippen LogP contribution in [0, 0.1) is 12.8 Å². The Morgan fingerprint density at radius 1 is 1.38 bits per heavy atom. The third-order valence-electron chi connectivity index (χ3n) is 4.38. The smallest absolute Gasteiger partial charge is 0.350 e. The van der Waals surface area contributed by atoms with E-state index in [-0.39, 0.29) is 5.91 Å². The lowest BCUT2D eigenvalue weighted by Crippen LogP contribution is -2.39. The molecule has 24 heavy (non-hydrogen) atoms. The maximum Gasteiger partial charge on any atom is 0.350 e. The van der Waals surface area contributed by atoms with E-state index in [2.05, 4.69) is 11.9 Å². The van der Waals surface area contributed by atoms with Crippen molar-refractivity contribution in [2.24, 2.45) is 5.92 Å². The number of likely N-dealkylation sites (tertiary alicyclic amines) is 1. The zero-order valence-electron chi connectivity index (χ0n) is 14.7. The number of carbonyl (C=O) groups excluding carboxylic acids is 2. The minimum Gasteiger partial charge on any atom is -0.462 e. The highest BCUT2D eigenvalue weighted by Gasteiger charge is 2.30. The van der Waals surface area contributed by atoms with Gasteiger partial charge < -0.3 is 14.5 Å². The van der Waals surface area contributed by atoms with Crippen molar-refractivity contribution in [3.63, 3.8) is 0 Å². The van der Waals surface area contributed by atoms with Crippen LogP contribution in [0.4, 0.5) is 5.69 Å². The maximum absolute atomic E-state index is 12.3. The number of nitrogens with zero attached hydrogens (tertiary/aromatic N) is 2. The molecule has 1 amide bonds. The van der Waals surface area contributed by atoms with Crippen molar-refractivity contribution in [3.8, 4) is 0 Å². The van der Waals surface area contributed by atoms with Gasteiger partial charge in [0.2, 0.25) is 5.91 Å². The first kappa shape index (κ1) is 19.2. The average Bonchev–Trinajstić information content (AvgIpc) is 2.82. The predicted octanol–water partition coefficient (Wildman–Crippen LogP) is 3.58. The molecule has 2 rings (SSSR count). The van der Waals surface area contributed by atoms with Gasteiger partial charge in [-0.2, -0.15) is 0 Å². The third-order valence-corrected chi connectivity index (χ3v) is 6.03. The van der Waals surface area contributed by atoms with E-state index in [0.717, 1.165) is 30.8 Å². The number of carbonyl (C=O) groups is 2. The number of esters is 1. The first-order valence-electron chi connectivity index (χ1n) is 8.27. The fourth-order valence-electron chi connectivity index (χ4n) is 2.97. The molecule has 134 valence electrons. The van der Waals surface area contributed by atoms with E-state index in [4.69, 9.17) is 16.3 Å². The largest absolute Gasteiger partial charge is 0.462 e. The van der Waals surface area contributed by atoms with Crippen LogP contribution in [0.25, 0.3) is 0 Å². The molecule has 1 fully saturated rings. The summed E-state index contributed by atoms with van der Waals surface area (Å²) in [5.41, 5.74) is 0.518. The summed E-state index contributed by atoms with van der Waals surface area (Å²) in [6.07, 6.45) is 2.07. The standard InChI is InChI=1S/C17H25ClN2O3S/c1-5-23-17(22)16-15(14(18)11(2)24-16)20(12(3)21)10-13-6-8-19(4)9-7-13/h13H,5-10H2,1-4H3. The quantitative estimate of drug-likeness (QED) is 0.741. The van der Waals surface area contributed by atoms with Gasteiger partial charge in [0.05, 0.1) is 17.3 Å². The number of halogens is 1. The van der Waals surface area contributed by atoms with Gasteiger partial charge in [-0.1, -0.05) is 11.6 Å². The van der Waals surface area contributed by atoms with E-state index in [1.807, 2.05) is 6.92 Å². The Labute approximate surface area is 152 Å². The number of anilines is 1. The van der Waals surface area contributed by atoms with Gasteiger partial charge in [-0.05, 0) is 52.7 Å². The van der Waals surface area contributed by atoms with E-state index in [9.17, 15) is 9.59 Å². The van der Waals surface area contributed by atoms with Crippen LogP contribution in [0.1, 0.15) is 41.2 Å². The zero-order chi connectivity index (χ0) is 17.9. The number of rotatable bonds is 5. The van der Waals surface area contributed by atoms with Crippen LogP contribution >= 0.6 is 22.9 Å². The van der Waals surface area contributed by atoms with Gasteiger partial charge >= 0.3 is 5.97 Å². The lowest BCUT2D eigenvalue weighted by molar-refractivity contribution is -0.116. The van der Waals surface area contributed by atoms with Gasteiger partial charge in [-0.15, -0.1) is 11.3 Å². The van der Waals surface area contributed by atoms with Crippen LogP contribution in [-0.4, -0.2) is 50.1 Å². The lowest BCUT2D eigenvalue weighted by atomic mass is 9.96. The molecule has 0 spiro atoms. The zero-order valence-corrected chi connectivity index (χ0v) is 16.3. The van der Waals surface area contributed by atoms with Crippen molar-refractivity contribution < 1.29 is 14.3 Å². The summed E-state index contributed by atoms with van der Waals surface area (Å²) in [7, 11) is 2.11. The predicted molar refractivity (Wildman–Crippen MR) is 98.3 cm³/mol. The Kier molecular flexibility index (Phi) is 6.66. The number of amides is 1. The second-order valence-electron chi connectivity index (χ2n) is 6.25. The number of aryl methyl sites for hydroxylation is 1. The van der Waals surface area contributed by atoms with Crippen LogP contribution in [0.2, 0.25) is 5.02 Å². The van der Waals surface area contributed by atoms with Crippen LogP contribution in [0.15, 0.2) is 0 Å². The molecule has 0 bridgehead atoms. The summed E-state index contributed by atoms with van der Waals surface area (Å²) in [5, 5.41) is 0.478. The Bertz CT molecular complexity index is 609. The van der Waals surface area contributed by atoms with E-state index in [0.29, 0.717) is 34.7 Å². The van der Waals surface area contributed by atoms with Crippen LogP contribution in [-0.2, 0) is 9.53 Å². The Balaban J connectivity index is 2.30. The lowest BCUT2D eigenvalue weighted by Gasteiger charge is -2.33. The molecule has 0 N–H and O–H groups in total. The van der Waals surface area contributed by atoms with Crippen LogP contribution < -0.4 is 4.90 Å². The van der Waals surface area contributed by atoms with Crippen molar-refractivity contribution in [1.82, 2.24) is 4.90 Å². The summed E-state index contributed by atoms with van der Waals surface area (Å²) >= 11 is 7.73. The molecule has 1 aromatic heterocycles. The SMILES string of the molecule is CCOC(=O)c1sc(C)c(Cl)c1N(CC1CCN(C)CC1)C(C)=O. The molecule has 1 aliphatic rings. The Hall–Kier alpha value is -1.11. The molecule has 1 saturated heterocycles. The van der Waals surface area contributed by atoms with E-state index in [1.165, 1.54) is 18.3 Å². The molecule has 0 aromatic carbocycles. The molecular weight excluding hydrogens is 348 g/mol. The second-order valence-corrected chi connectivity index (χ2v) is 7.85.